The number of allylic oxidation sites excluding steroid dienone is 2. The van der Waals surface area contributed by atoms with Gasteiger partial charge in [-0.15, -0.1) is 0 Å². The predicted molar refractivity (Wildman–Crippen MR) is 37.3 cm³/mol. The summed E-state index contributed by atoms with van der Waals surface area (Å²) in [6, 6.07) is 0. The Labute approximate surface area is 63.6 Å². The van der Waals surface area contributed by atoms with Crippen molar-refractivity contribution >= 4 is 5.97 Å². The van der Waals surface area contributed by atoms with Crippen molar-refractivity contribution in [3.63, 3.8) is 0 Å². The summed E-state index contributed by atoms with van der Waals surface area (Å²) in [5.41, 5.74) is 0.551. The Morgan fingerprint density at radius 1 is 1.36 bits per heavy atom. The number of carbonyl (C=O) groups is 1. The lowest BCUT2D eigenvalue weighted by Gasteiger charge is -2.20. The summed E-state index contributed by atoms with van der Waals surface area (Å²) >= 11 is 0. The number of hydrogen-bond donors (Lipinski definition) is 0. The van der Waals surface area contributed by atoms with Crippen molar-refractivity contribution < 1.29 is 14.3 Å². The molecule has 0 amide bonds. The zero-order valence-electron chi connectivity index (χ0n) is 5.69. The summed E-state index contributed by atoms with van der Waals surface area (Å²) in [6.07, 6.45) is 7.71. The Bertz CT molecular complexity index is 273. The maximum absolute atomic E-state index is 11.0. The highest BCUT2D eigenvalue weighted by molar-refractivity contribution is 5.92. The van der Waals surface area contributed by atoms with E-state index in [1.54, 1.807) is 24.5 Å². The first-order chi connectivity index (χ1) is 5.38. The molecule has 0 N–H and O–H groups in total. The lowest BCUT2D eigenvalue weighted by Crippen LogP contribution is -2.23. The van der Waals surface area contributed by atoms with Crippen LogP contribution in [0.15, 0.2) is 36.3 Å². The van der Waals surface area contributed by atoms with Crippen molar-refractivity contribution in [3.05, 3.63) is 36.3 Å². The number of ether oxygens (including phenoxy) is 2. The maximum atomic E-state index is 11.0. The van der Waals surface area contributed by atoms with Crippen molar-refractivity contribution in [2.45, 2.75) is 6.10 Å². The fourth-order valence-corrected chi connectivity index (χ4v) is 1.01. The van der Waals surface area contributed by atoms with E-state index in [2.05, 4.69) is 4.74 Å². The van der Waals surface area contributed by atoms with Gasteiger partial charge in [0, 0.05) is 0 Å². The molecule has 0 aromatic rings. The smallest absolute Gasteiger partial charge is 0.342 e. The van der Waals surface area contributed by atoms with Gasteiger partial charge in [0.2, 0.25) is 0 Å². The zero-order chi connectivity index (χ0) is 7.68. The molecule has 0 saturated carbocycles. The number of carbonyl (C=O) groups excluding carboxylic acids is 1. The number of rotatable bonds is 0. The number of cyclic esters (lactones) is 1. The van der Waals surface area contributed by atoms with E-state index in [0.29, 0.717) is 5.57 Å². The molecule has 3 nitrogen and oxygen atoms in total. The fraction of sp³-hybridized carbons (Fsp3) is 0.125. The zero-order valence-corrected chi connectivity index (χ0v) is 5.69. The van der Waals surface area contributed by atoms with Gasteiger partial charge in [0.05, 0.1) is 18.1 Å². The van der Waals surface area contributed by atoms with Crippen LogP contribution >= 0.6 is 0 Å². The van der Waals surface area contributed by atoms with Crippen LogP contribution in [0.3, 0.4) is 0 Å². The van der Waals surface area contributed by atoms with Crippen molar-refractivity contribution in [2.75, 3.05) is 0 Å². The van der Waals surface area contributed by atoms with Crippen LogP contribution in [0.4, 0.5) is 0 Å². The molecule has 2 rings (SSSR count). The highest BCUT2D eigenvalue weighted by Gasteiger charge is 2.25. The standard InChI is InChI=1S/C8H6O3/c9-8-6-2-1-4-10-7(6)3-5-11-8/h1-5,7H. The van der Waals surface area contributed by atoms with E-state index in [1.807, 2.05) is 0 Å². The Kier molecular flexibility index (Phi) is 1.28. The largest absolute Gasteiger partial charge is 0.489 e. The number of hydrogen-bond acceptors (Lipinski definition) is 3. The summed E-state index contributed by atoms with van der Waals surface area (Å²) in [7, 11) is 0. The van der Waals surface area contributed by atoms with Crippen LogP contribution in [0.5, 0.6) is 0 Å². The van der Waals surface area contributed by atoms with Crippen LogP contribution in [-0.4, -0.2) is 12.1 Å². The van der Waals surface area contributed by atoms with Crippen molar-refractivity contribution in [1.29, 1.82) is 0 Å². The van der Waals surface area contributed by atoms with E-state index in [4.69, 9.17) is 4.74 Å². The SMILES string of the molecule is O=C1OC=CC2OC=CC=C12. The van der Waals surface area contributed by atoms with Crippen LogP contribution in [0, 0.1) is 0 Å². The van der Waals surface area contributed by atoms with Gasteiger partial charge in [-0.1, -0.05) is 0 Å². The first-order valence-electron chi connectivity index (χ1n) is 3.28. The minimum Gasteiger partial charge on any atom is -0.489 e. The van der Waals surface area contributed by atoms with Crippen LogP contribution in [0.25, 0.3) is 0 Å². The van der Waals surface area contributed by atoms with Crippen LogP contribution in [0.1, 0.15) is 0 Å². The van der Waals surface area contributed by atoms with E-state index in [1.165, 1.54) is 6.26 Å². The van der Waals surface area contributed by atoms with Crippen molar-refractivity contribution in [1.82, 2.24) is 0 Å². The second kappa shape index (κ2) is 2.27. The molecule has 2 aliphatic rings. The second-order valence-electron chi connectivity index (χ2n) is 2.24. The molecule has 2 heterocycles. The highest BCUT2D eigenvalue weighted by Crippen LogP contribution is 2.19. The molecule has 0 radical (unpaired) electrons. The third-order valence-corrected chi connectivity index (χ3v) is 1.55. The predicted octanol–water partition coefficient (Wildman–Crippen LogP) is 0.896. The van der Waals surface area contributed by atoms with Crippen LogP contribution < -0.4 is 0 Å². The molecule has 0 saturated heterocycles. The van der Waals surface area contributed by atoms with Gasteiger partial charge in [-0.25, -0.2) is 4.79 Å². The molecular formula is C8H6O3. The molecule has 0 aromatic carbocycles. The first-order valence-corrected chi connectivity index (χ1v) is 3.28. The van der Waals surface area contributed by atoms with E-state index in [-0.39, 0.29) is 12.1 Å². The van der Waals surface area contributed by atoms with Gasteiger partial charge in [0.15, 0.2) is 6.10 Å². The highest BCUT2D eigenvalue weighted by atomic mass is 16.5. The van der Waals surface area contributed by atoms with Crippen LogP contribution in [0.2, 0.25) is 0 Å². The van der Waals surface area contributed by atoms with E-state index in [9.17, 15) is 4.79 Å². The van der Waals surface area contributed by atoms with Gasteiger partial charge >= 0.3 is 5.97 Å². The topological polar surface area (TPSA) is 35.5 Å². The molecule has 0 aliphatic carbocycles. The molecule has 0 bridgehead atoms. The molecule has 1 atom stereocenters. The average molecular weight is 150 g/mol. The van der Waals surface area contributed by atoms with Gasteiger partial charge in [-0.2, -0.15) is 0 Å². The molecule has 0 spiro atoms. The summed E-state index contributed by atoms with van der Waals surface area (Å²) in [5.74, 6) is -0.332. The molecule has 0 aromatic heterocycles. The molecule has 3 heteroatoms. The summed E-state index contributed by atoms with van der Waals surface area (Å²) in [5, 5.41) is 0. The number of esters is 1. The quantitative estimate of drug-likeness (QED) is 0.481. The molecule has 2 aliphatic heterocycles. The third-order valence-electron chi connectivity index (χ3n) is 1.55. The Balaban J connectivity index is 2.38. The summed E-state index contributed by atoms with van der Waals surface area (Å²) in [6.45, 7) is 0. The van der Waals surface area contributed by atoms with Gasteiger partial charge in [-0.05, 0) is 18.2 Å². The molecule has 11 heavy (non-hydrogen) atoms. The van der Waals surface area contributed by atoms with E-state index < -0.39 is 0 Å². The Morgan fingerprint density at radius 3 is 3.09 bits per heavy atom. The lowest BCUT2D eigenvalue weighted by molar-refractivity contribution is -0.135. The molecule has 1 unspecified atom stereocenters. The molecule has 56 valence electrons. The van der Waals surface area contributed by atoms with Crippen molar-refractivity contribution in [3.8, 4) is 0 Å². The maximum Gasteiger partial charge on any atom is 0.342 e. The molecule has 0 fully saturated rings. The molecular weight excluding hydrogens is 144 g/mol. The average Bonchev–Trinajstić information content (AvgIpc) is 2.06. The Morgan fingerprint density at radius 2 is 2.27 bits per heavy atom. The lowest BCUT2D eigenvalue weighted by atomic mass is 10.1. The monoisotopic (exact) mass is 150 g/mol. The van der Waals surface area contributed by atoms with Crippen molar-refractivity contribution in [2.24, 2.45) is 0 Å². The number of fused-ring (bicyclic) bond motifs is 1. The second-order valence-corrected chi connectivity index (χ2v) is 2.24. The van der Waals surface area contributed by atoms with Gasteiger partial charge in [-0.3, -0.25) is 0 Å². The summed E-state index contributed by atoms with van der Waals surface area (Å²) in [4.78, 5) is 11.0. The third kappa shape index (κ3) is 0.941. The Hall–Kier alpha value is -1.51. The minimum absolute atomic E-state index is 0.249. The minimum atomic E-state index is -0.332. The van der Waals surface area contributed by atoms with Gasteiger partial charge < -0.3 is 9.47 Å². The summed E-state index contributed by atoms with van der Waals surface area (Å²) < 4.78 is 9.76. The first kappa shape index (κ1) is 6.22. The van der Waals surface area contributed by atoms with Gasteiger partial charge in [0.1, 0.15) is 0 Å². The fourth-order valence-electron chi connectivity index (χ4n) is 1.01. The van der Waals surface area contributed by atoms with Crippen LogP contribution in [-0.2, 0) is 14.3 Å². The normalized spacial score (nSPS) is 26.7. The van der Waals surface area contributed by atoms with E-state index >= 15 is 0 Å². The van der Waals surface area contributed by atoms with E-state index in [0.717, 1.165) is 0 Å². The van der Waals surface area contributed by atoms with Gasteiger partial charge in [0.25, 0.3) is 0 Å².